The number of carbonyl (C=O) groups excluding carboxylic acids is 1. The fraction of sp³-hybridized carbons (Fsp3) is 0.333. The van der Waals surface area contributed by atoms with Crippen LogP contribution >= 0.6 is 11.3 Å². The number of hydrogen-bond acceptors (Lipinski definition) is 8. The Morgan fingerprint density at radius 1 is 1.06 bits per heavy atom. The van der Waals surface area contributed by atoms with Crippen LogP contribution in [0.4, 0.5) is 5.69 Å². The van der Waals surface area contributed by atoms with Gasteiger partial charge in [0.05, 0.1) is 37.6 Å². The molecular weight excluding hydrogens is 476 g/mol. The van der Waals surface area contributed by atoms with Crippen LogP contribution in [-0.4, -0.2) is 40.7 Å². The first-order chi connectivity index (χ1) is 16.1. The molecule has 1 aromatic heterocycles. The van der Waals surface area contributed by atoms with E-state index in [0.29, 0.717) is 24.3 Å². The molecule has 0 spiro atoms. The normalized spacial score (nSPS) is 11.7. The van der Waals surface area contributed by atoms with Gasteiger partial charge in [-0.25, -0.2) is 13.4 Å². The molecule has 0 bridgehead atoms. The number of anilines is 1. The Labute approximate surface area is 204 Å². The quantitative estimate of drug-likeness (QED) is 0.397. The molecule has 3 aromatic rings. The van der Waals surface area contributed by atoms with E-state index in [0.717, 1.165) is 15.4 Å². The molecular formula is C24H28N2O6S2. The number of methoxy groups -OCH3 is 3. The van der Waals surface area contributed by atoms with Crippen molar-refractivity contribution in [2.24, 2.45) is 5.41 Å². The van der Waals surface area contributed by atoms with E-state index < -0.39 is 10.0 Å². The summed E-state index contributed by atoms with van der Waals surface area (Å²) in [7, 11) is 0.424. The van der Waals surface area contributed by atoms with E-state index in [1.54, 1.807) is 35.7 Å². The summed E-state index contributed by atoms with van der Waals surface area (Å²) in [6.45, 7) is 4.01. The van der Waals surface area contributed by atoms with Gasteiger partial charge in [0.15, 0.2) is 0 Å². The lowest BCUT2D eigenvalue weighted by Crippen LogP contribution is -2.20. The zero-order valence-electron chi connectivity index (χ0n) is 19.7. The van der Waals surface area contributed by atoms with Gasteiger partial charge >= 0.3 is 5.97 Å². The first-order valence-corrected chi connectivity index (χ1v) is 12.7. The van der Waals surface area contributed by atoms with Crippen LogP contribution in [0.5, 0.6) is 11.5 Å². The summed E-state index contributed by atoms with van der Waals surface area (Å²) in [4.78, 5) is 17.1. The third-order valence-electron chi connectivity index (χ3n) is 5.12. The molecule has 1 heterocycles. The van der Waals surface area contributed by atoms with Gasteiger partial charge in [0.2, 0.25) is 0 Å². The van der Waals surface area contributed by atoms with Crippen molar-refractivity contribution in [3.63, 3.8) is 0 Å². The number of carbonyl (C=O) groups is 1. The average molecular weight is 505 g/mol. The largest absolute Gasteiger partial charge is 0.497 e. The van der Waals surface area contributed by atoms with Crippen LogP contribution in [0.15, 0.2) is 53.6 Å². The Morgan fingerprint density at radius 3 is 2.38 bits per heavy atom. The monoisotopic (exact) mass is 504 g/mol. The maximum Gasteiger partial charge on any atom is 0.306 e. The molecule has 0 fully saturated rings. The van der Waals surface area contributed by atoms with E-state index in [2.05, 4.69) is 9.71 Å². The molecule has 8 nitrogen and oxygen atoms in total. The molecule has 0 saturated carbocycles. The third kappa shape index (κ3) is 6.27. The van der Waals surface area contributed by atoms with E-state index >= 15 is 0 Å². The molecule has 2 aromatic carbocycles. The molecule has 0 aliphatic carbocycles. The van der Waals surface area contributed by atoms with Crippen molar-refractivity contribution in [2.75, 3.05) is 26.1 Å². The topological polar surface area (TPSA) is 104 Å². The SMILES string of the molecule is COC(=O)CC(C)(C)Cc1ncc(-c2ccc(NS(=O)(=O)c3ccc(OC)cc3OC)cc2)s1. The molecule has 0 atom stereocenters. The zero-order valence-corrected chi connectivity index (χ0v) is 21.4. The van der Waals surface area contributed by atoms with Crippen molar-refractivity contribution in [3.8, 4) is 21.9 Å². The predicted octanol–water partition coefficient (Wildman–Crippen LogP) is 4.76. The molecule has 0 amide bonds. The van der Waals surface area contributed by atoms with E-state index in [1.165, 1.54) is 33.5 Å². The van der Waals surface area contributed by atoms with Crippen LogP contribution in [0.2, 0.25) is 0 Å². The summed E-state index contributed by atoms with van der Waals surface area (Å²) in [6, 6.07) is 11.6. The Kier molecular flexibility index (Phi) is 7.83. The van der Waals surface area contributed by atoms with Crippen LogP contribution in [0.25, 0.3) is 10.4 Å². The summed E-state index contributed by atoms with van der Waals surface area (Å²) < 4.78 is 43.5. The highest BCUT2D eigenvalue weighted by atomic mass is 32.2. The predicted molar refractivity (Wildman–Crippen MR) is 132 cm³/mol. The van der Waals surface area contributed by atoms with Crippen molar-refractivity contribution < 1.29 is 27.4 Å². The molecule has 182 valence electrons. The lowest BCUT2D eigenvalue weighted by Gasteiger charge is -2.21. The highest BCUT2D eigenvalue weighted by Gasteiger charge is 2.25. The highest BCUT2D eigenvalue weighted by Crippen LogP contribution is 2.34. The second-order valence-electron chi connectivity index (χ2n) is 8.41. The lowest BCUT2D eigenvalue weighted by molar-refractivity contribution is -0.142. The Bertz CT molecular complexity index is 1250. The van der Waals surface area contributed by atoms with Crippen LogP contribution in [0.3, 0.4) is 0 Å². The van der Waals surface area contributed by atoms with E-state index in [4.69, 9.17) is 14.2 Å². The summed E-state index contributed by atoms with van der Waals surface area (Å²) in [5.41, 5.74) is 1.07. The molecule has 1 N–H and O–H groups in total. The van der Waals surface area contributed by atoms with Crippen LogP contribution in [0, 0.1) is 5.41 Å². The van der Waals surface area contributed by atoms with Crippen molar-refractivity contribution in [3.05, 3.63) is 53.7 Å². The van der Waals surface area contributed by atoms with Gasteiger partial charge in [0.25, 0.3) is 10.0 Å². The van der Waals surface area contributed by atoms with Crippen molar-refractivity contribution in [2.45, 2.75) is 31.6 Å². The zero-order chi connectivity index (χ0) is 24.9. The Morgan fingerprint density at radius 2 is 1.76 bits per heavy atom. The van der Waals surface area contributed by atoms with E-state index in [9.17, 15) is 13.2 Å². The fourth-order valence-corrected chi connectivity index (χ4v) is 5.76. The van der Waals surface area contributed by atoms with Crippen molar-refractivity contribution in [1.82, 2.24) is 4.98 Å². The Hall–Kier alpha value is -3.11. The second-order valence-corrected chi connectivity index (χ2v) is 11.2. The molecule has 0 aliphatic heterocycles. The molecule has 0 saturated heterocycles. The van der Waals surface area contributed by atoms with Gasteiger partial charge in [-0.1, -0.05) is 26.0 Å². The summed E-state index contributed by atoms with van der Waals surface area (Å²) in [6.07, 6.45) is 2.75. The molecule has 3 rings (SSSR count). The standard InChI is InChI=1S/C24H28N2O6S2/c1-24(2,14-23(27)32-5)13-22-25-15-20(33-22)16-6-8-17(9-7-16)26-34(28,29)21-11-10-18(30-3)12-19(21)31-4/h6-12,15,26H,13-14H2,1-5H3. The lowest BCUT2D eigenvalue weighted by atomic mass is 9.86. The minimum absolute atomic E-state index is 0.0153. The first kappa shape index (κ1) is 25.5. The van der Waals surface area contributed by atoms with E-state index in [-0.39, 0.29) is 22.0 Å². The highest BCUT2D eigenvalue weighted by molar-refractivity contribution is 7.92. The van der Waals surface area contributed by atoms with E-state index in [1.807, 2.05) is 26.0 Å². The van der Waals surface area contributed by atoms with Gasteiger partial charge in [-0.2, -0.15) is 0 Å². The smallest absolute Gasteiger partial charge is 0.306 e. The molecule has 34 heavy (non-hydrogen) atoms. The summed E-state index contributed by atoms with van der Waals surface area (Å²) in [5, 5.41) is 0.917. The number of esters is 1. The molecule has 0 aliphatic rings. The van der Waals surface area contributed by atoms with Crippen molar-refractivity contribution in [1.29, 1.82) is 0 Å². The van der Waals surface area contributed by atoms with Crippen LogP contribution in [0.1, 0.15) is 25.3 Å². The first-order valence-electron chi connectivity index (χ1n) is 10.4. The molecule has 0 radical (unpaired) electrons. The van der Waals surface area contributed by atoms with Gasteiger partial charge in [0, 0.05) is 24.4 Å². The van der Waals surface area contributed by atoms with Gasteiger partial charge in [-0.15, -0.1) is 11.3 Å². The van der Waals surface area contributed by atoms with Crippen molar-refractivity contribution >= 4 is 33.0 Å². The van der Waals surface area contributed by atoms with Gasteiger partial charge in [-0.3, -0.25) is 9.52 Å². The average Bonchev–Trinajstić information content (AvgIpc) is 3.25. The number of sulfonamides is 1. The maximum atomic E-state index is 12.9. The van der Waals surface area contributed by atoms with Gasteiger partial charge in [0.1, 0.15) is 16.4 Å². The number of hydrogen-bond donors (Lipinski definition) is 1. The minimum atomic E-state index is -3.87. The summed E-state index contributed by atoms with van der Waals surface area (Å²) in [5.74, 6) is 0.445. The number of nitrogens with one attached hydrogen (secondary N) is 1. The molecule has 10 heteroatoms. The van der Waals surface area contributed by atoms with Gasteiger partial charge < -0.3 is 14.2 Å². The molecule has 0 unspecified atom stereocenters. The number of ether oxygens (including phenoxy) is 3. The third-order valence-corrected chi connectivity index (χ3v) is 7.58. The number of thiazole rings is 1. The number of nitrogens with zero attached hydrogens (tertiary/aromatic N) is 1. The maximum absolute atomic E-state index is 12.9. The second kappa shape index (κ2) is 10.4. The van der Waals surface area contributed by atoms with Crippen LogP contribution in [-0.2, 0) is 26.0 Å². The van der Waals surface area contributed by atoms with Gasteiger partial charge in [-0.05, 0) is 35.2 Å². The number of benzene rings is 2. The minimum Gasteiger partial charge on any atom is -0.497 e. The number of rotatable bonds is 10. The number of aromatic nitrogens is 1. The van der Waals surface area contributed by atoms with Crippen LogP contribution < -0.4 is 14.2 Å². The summed E-state index contributed by atoms with van der Waals surface area (Å²) >= 11 is 1.54. The fourth-order valence-electron chi connectivity index (χ4n) is 3.37. The Balaban J connectivity index is 1.73.